The van der Waals surface area contributed by atoms with Crippen LogP contribution in [0.3, 0.4) is 0 Å². The number of hydrogen-bond donors (Lipinski definition) is 0. The summed E-state index contributed by atoms with van der Waals surface area (Å²) in [5, 5.41) is 1.05. The van der Waals surface area contributed by atoms with Crippen molar-refractivity contribution in [2.45, 2.75) is 39.3 Å². The van der Waals surface area contributed by atoms with Crippen molar-refractivity contribution in [1.29, 1.82) is 0 Å². The number of carbonyl (C=O) groups is 2. The number of ether oxygens (including phenoxy) is 1. The fourth-order valence-corrected chi connectivity index (χ4v) is 6.14. The number of amides is 2. The molecule has 2 amide bonds. The average Bonchev–Trinajstić information content (AvgIpc) is 3.61. The van der Waals surface area contributed by atoms with E-state index in [2.05, 4.69) is 23.6 Å². The number of methoxy groups -OCH3 is 1. The highest BCUT2D eigenvalue weighted by Gasteiger charge is 2.32. The lowest BCUT2D eigenvalue weighted by atomic mass is 10.1. The Kier molecular flexibility index (Phi) is 7.16. The van der Waals surface area contributed by atoms with E-state index < -0.39 is 0 Å². The van der Waals surface area contributed by atoms with E-state index in [1.165, 1.54) is 17.3 Å². The van der Waals surface area contributed by atoms with Gasteiger partial charge in [0.25, 0.3) is 5.91 Å². The third-order valence-corrected chi connectivity index (χ3v) is 8.20. The first-order valence-electron chi connectivity index (χ1n) is 12.2. The molecule has 0 aliphatic carbocycles. The van der Waals surface area contributed by atoms with Crippen LogP contribution >= 0.6 is 24.0 Å². The third-order valence-electron chi connectivity index (χ3n) is 6.82. The fourth-order valence-electron chi connectivity index (χ4n) is 4.89. The van der Waals surface area contributed by atoms with Gasteiger partial charge in [0.05, 0.1) is 24.1 Å². The SMILES string of the molecule is CCc1cccc2c(/C=C3\SC(=S)N(Cc4ccc(OC)cc4)C3=O)cn(CC(=O)N3CCCC3)c12. The molecular weight excluding hydrogens is 490 g/mol. The minimum Gasteiger partial charge on any atom is -0.497 e. The van der Waals surface area contributed by atoms with Crippen molar-refractivity contribution < 1.29 is 14.3 Å². The molecule has 0 radical (unpaired) electrons. The number of thiocarbonyl (C=S) groups is 1. The van der Waals surface area contributed by atoms with Crippen LogP contribution in [-0.2, 0) is 29.1 Å². The van der Waals surface area contributed by atoms with Crippen LogP contribution in [0.2, 0.25) is 0 Å². The molecule has 1 aromatic heterocycles. The summed E-state index contributed by atoms with van der Waals surface area (Å²) in [4.78, 5) is 30.5. The number of fused-ring (bicyclic) bond motifs is 1. The number of nitrogens with zero attached hydrogens (tertiary/aromatic N) is 3. The van der Waals surface area contributed by atoms with Crippen LogP contribution in [0.1, 0.15) is 36.5 Å². The van der Waals surface area contributed by atoms with Crippen molar-refractivity contribution in [2.75, 3.05) is 20.2 Å². The monoisotopic (exact) mass is 519 g/mol. The van der Waals surface area contributed by atoms with Crippen molar-refractivity contribution in [3.05, 3.63) is 70.3 Å². The Morgan fingerprint density at radius 1 is 1.14 bits per heavy atom. The van der Waals surface area contributed by atoms with Gasteiger partial charge in [-0.3, -0.25) is 14.5 Å². The zero-order chi connectivity index (χ0) is 25.2. The first-order valence-corrected chi connectivity index (χ1v) is 13.5. The van der Waals surface area contributed by atoms with Gasteiger partial charge < -0.3 is 14.2 Å². The molecule has 8 heteroatoms. The minimum atomic E-state index is -0.0958. The van der Waals surface area contributed by atoms with Gasteiger partial charge in [-0.2, -0.15) is 0 Å². The van der Waals surface area contributed by atoms with Crippen molar-refractivity contribution in [3.63, 3.8) is 0 Å². The molecule has 2 aliphatic heterocycles. The largest absolute Gasteiger partial charge is 0.497 e. The first kappa shape index (κ1) is 24.6. The lowest BCUT2D eigenvalue weighted by Crippen LogP contribution is -2.30. The number of carbonyl (C=O) groups excluding carboxylic acids is 2. The summed E-state index contributed by atoms with van der Waals surface area (Å²) in [6.07, 6.45) is 6.94. The lowest BCUT2D eigenvalue weighted by molar-refractivity contribution is -0.130. The topological polar surface area (TPSA) is 54.8 Å². The summed E-state index contributed by atoms with van der Waals surface area (Å²) in [6, 6.07) is 13.9. The highest BCUT2D eigenvalue weighted by Crippen LogP contribution is 2.36. The van der Waals surface area contributed by atoms with Crippen LogP contribution in [0.15, 0.2) is 53.6 Å². The van der Waals surface area contributed by atoms with Crippen LogP contribution in [0.4, 0.5) is 0 Å². The highest BCUT2D eigenvalue weighted by atomic mass is 32.2. The van der Waals surface area contributed by atoms with E-state index in [0.717, 1.165) is 60.1 Å². The molecule has 0 spiro atoms. The van der Waals surface area contributed by atoms with E-state index in [9.17, 15) is 9.59 Å². The van der Waals surface area contributed by atoms with Gasteiger partial charge in [0, 0.05) is 30.2 Å². The van der Waals surface area contributed by atoms with Crippen LogP contribution < -0.4 is 4.74 Å². The maximum absolute atomic E-state index is 13.3. The molecule has 3 heterocycles. The Labute approximate surface area is 220 Å². The summed E-state index contributed by atoms with van der Waals surface area (Å²) >= 11 is 6.89. The number of hydrogen-bond acceptors (Lipinski definition) is 5. The Balaban J connectivity index is 1.45. The molecule has 0 atom stereocenters. The van der Waals surface area contributed by atoms with E-state index in [4.69, 9.17) is 17.0 Å². The molecule has 0 unspecified atom stereocenters. The zero-order valence-electron chi connectivity index (χ0n) is 20.5. The van der Waals surface area contributed by atoms with Crippen molar-refractivity contribution in [1.82, 2.24) is 14.4 Å². The Hall–Kier alpha value is -3.10. The number of benzene rings is 2. The second-order valence-corrected chi connectivity index (χ2v) is 10.8. The standard InChI is InChI=1S/C28H29N3O3S2/c1-3-20-7-6-8-23-21(17-30(26(20)23)18-25(32)29-13-4-5-14-29)15-24-27(33)31(28(35)36-24)16-19-9-11-22(34-2)12-10-19/h6-12,15,17H,3-5,13-14,16,18H2,1-2H3/b24-15-. The second kappa shape index (κ2) is 10.5. The molecule has 186 valence electrons. The van der Waals surface area contributed by atoms with E-state index in [0.29, 0.717) is 22.3 Å². The predicted molar refractivity (Wildman–Crippen MR) is 149 cm³/mol. The van der Waals surface area contributed by atoms with Crippen molar-refractivity contribution >= 4 is 57.1 Å². The number of likely N-dealkylation sites (tertiary alicyclic amines) is 1. The number of rotatable bonds is 7. The molecule has 6 nitrogen and oxygen atoms in total. The van der Waals surface area contributed by atoms with Gasteiger partial charge in [-0.05, 0) is 48.6 Å². The number of aromatic nitrogens is 1. The molecule has 2 aromatic carbocycles. The van der Waals surface area contributed by atoms with E-state index in [1.807, 2.05) is 47.5 Å². The van der Waals surface area contributed by atoms with E-state index >= 15 is 0 Å². The van der Waals surface area contributed by atoms with Crippen molar-refractivity contribution in [2.24, 2.45) is 0 Å². The molecule has 2 fully saturated rings. The van der Waals surface area contributed by atoms with Gasteiger partial charge in [-0.25, -0.2) is 0 Å². The molecule has 3 aromatic rings. The summed E-state index contributed by atoms with van der Waals surface area (Å²) < 4.78 is 7.83. The molecule has 0 N–H and O–H groups in total. The smallest absolute Gasteiger partial charge is 0.266 e. The summed E-state index contributed by atoms with van der Waals surface area (Å²) in [5.74, 6) is 0.823. The summed E-state index contributed by atoms with van der Waals surface area (Å²) in [7, 11) is 1.63. The number of thioether (sulfide) groups is 1. The van der Waals surface area contributed by atoms with Gasteiger partial charge in [0.2, 0.25) is 5.91 Å². The minimum absolute atomic E-state index is 0.0958. The zero-order valence-corrected chi connectivity index (χ0v) is 22.2. The Morgan fingerprint density at radius 3 is 2.58 bits per heavy atom. The van der Waals surface area contributed by atoms with Crippen LogP contribution in [0.5, 0.6) is 5.75 Å². The van der Waals surface area contributed by atoms with Crippen LogP contribution in [0.25, 0.3) is 17.0 Å². The molecule has 2 aliphatic rings. The summed E-state index contributed by atoms with van der Waals surface area (Å²) in [6.45, 7) is 4.51. The molecular formula is C28H29N3O3S2. The van der Waals surface area contributed by atoms with Crippen LogP contribution in [0, 0.1) is 0 Å². The van der Waals surface area contributed by atoms with Gasteiger partial charge >= 0.3 is 0 Å². The maximum Gasteiger partial charge on any atom is 0.266 e. The molecule has 0 saturated carbocycles. The molecule has 36 heavy (non-hydrogen) atoms. The fraction of sp³-hybridized carbons (Fsp3) is 0.321. The van der Waals surface area contributed by atoms with Gasteiger partial charge in [0.15, 0.2) is 0 Å². The lowest BCUT2D eigenvalue weighted by Gasteiger charge is -2.16. The maximum atomic E-state index is 13.3. The normalized spacial score (nSPS) is 17.1. The van der Waals surface area contributed by atoms with Crippen molar-refractivity contribution in [3.8, 4) is 5.75 Å². The summed E-state index contributed by atoms with van der Waals surface area (Å²) in [5.41, 5.74) is 4.17. The molecule has 5 rings (SSSR count). The Bertz CT molecular complexity index is 1350. The predicted octanol–water partition coefficient (Wildman–Crippen LogP) is 5.24. The number of para-hydroxylation sites is 1. The number of aryl methyl sites for hydroxylation is 1. The quantitative estimate of drug-likeness (QED) is 0.316. The van der Waals surface area contributed by atoms with Gasteiger partial charge in [-0.1, -0.05) is 61.2 Å². The Morgan fingerprint density at radius 2 is 1.89 bits per heavy atom. The van der Waals surface area contributed by atoms with Crippen LogP contribution in [-0.4, -0.2) is 50.7 Å². The molecule has 2 saturated heterocycles. The highest BCUT2D eigenvalue weighted by molar-refractivity contribution is 8.26. The van der Waals surface area contributed by atoms with E-state index in [1.54, 1.807) is 12.0 Å². The van der Waals surface area contributed by atoms with Gasteiger partial charge in [0.1, 0.15) is 16.6 Å². The molecule has 0 bridgehead atoms. The average molecular weight is 520 g/mol. The third kappa shape index (κ3) is 4.80. The van der Waals surface area contributed by atoms with Gasteiger partial charge in [-0.15, -0.1) is 0 Å². The second-order valence-electron chi connectivity index (χ2n) is 9.08. The van der Waals surface area contributed by atoms with E-state index in [-0.39, 0.29) is 11.8 Å². The first-order chi connectivity index (χ1) is 17.5.